The quantitative estimate of drug-likeness (QED) is 0.835. The molecule has 0 bridgehead atoms. The molecule has 132 valence electrons. The van der Waals surface area contributed by atoms with Crippen molar-refractivity contribution in [3.63, 3.8) is 0 Å². The first kappa shape index (κ1) is 18.8. The van der Waals surface area contributed by atoms with Crippen LogP contribution in [0.1, 0.15) is 51.6 Å². The van der Waals surface area contributed by atoms with Gasteiger partial charge in [-0.1, -0.05) is 28.1 Å². The summed E-state index contributed by atoms with van der Waals surface area (Å²) >= 11 is 3.39. The fourth-order valence-corrected chi connectivity index (χ4v) is 2.79. The minimum Gasteiger partial charge on any atom is -0.444 e. The molecule has 1 aliphatic rings. The number of carbonyl (C=O) groups excluding carboxylic acids is 2. The van der Waals surface area contributed by atoms with Gasteiger partial charge in [-0.05, 0) is 57.7 Å². The lowest BCUT2D eigenvalue weighted by Gasteiger charge is -2.37. The molecular weight excluding hydrogens is 372 g/mol. The lowest BCUT2D eigenvalue weighted by atomic mass is 9.91. The van der Waals surface area contributed by atoms with E-state index in [2.05, 4.69) is 21.2 Å². The van der Waals surface area contributed by atoms with Gasteiger partial charge in [0.2, 0.25) is 5.91 Å². The van der Waals surface area contributed by atoms with Gasteiger partial charge in [0.05, 0.1) is 0 Å². The van der Waals surface area contributed by atoms with Crippen LogP contribution in [0.3, 0.4) is 0 Å². The zero-order valence-corrected chi connectivity index (χ0v) is 16.2. The maximum atomic E-state index is 12.9. The van der Waals surface area contributed by atoms with E-state index in [9.17, 15) is 9.59 Å². The second-order valence-electron chi connectivity index (χ2n) is 7.16. The summed E-state index contributed by atoms with van der Waals surface area (Å²) in [6, 6.07) is 6.89. The molecule has 1 fully saturated rings. The Labute approximate surface area is 151 Å². The van der Waals surface area contributed by atoms with Gasteiger partial charge in [0, 0.05) is 17.6 Å². The number of nitrogens with zero attached hydrogens (tertiary/aromatic N) is 1. The highest BCUT2D eigenvalue weighted by atomic mass is 79.9. The molecule has 5 nitrogen and oxygen atoms in total. The Bertz CT molecular complexity index is 591. The third kappa shape index (κ3) is 4.97. The van der Waals surface area contributed by atoms with Gasteiger partial charge in [-0.15, -0.1) is 0 Å². The van der Waals surface area contributed by atoms with Crippen LogP contribution in [0, 0.1) is 0 Å². The van der Waals surface area contributed by atoms with Gasteiger partial charge < -0.3 is 15.0 Å². The molecule has 0 unspecified atom stereocenters. The van der Waals surface area contributed by atoms with Gasteiger partial charge in [-0.25, -0.2) is 4.79 Å². The van der Waals surface area contributed by atoms with E-state index in [1.807, 2.05) is 24.3 Å². The number of amides is 2. The van der Waals surface area contributed by atoms with E-state index in [0.29, 0.717) is 0 Å². The predicted octanol–water partition coefficient (Wildman–Crippen LogP) is 4.03. The molecule has 1 aromatic rings. The molecule has 0 spiro atoms. The highest BCUT2D eigenvalue weighted by molar-refractivity contribution is 9.10. The second kappa shape index (κ2) is 7.55. The molecule has 0 aromatic heterocycles. The molecule has 0 saturated heterocycles. The summed E-state index contributed by atoms with van der Waals surface area (Å²) in [5.41, 5.74) is 0.123. The van der Waals surface area contributed by atoms with E-state index in [-0.39, 0.29) is 11.9 Å². The number of carbonyl (C=O) groups is 2. The van der Waals surface area contributed by atoms with Crippen molar-refractivity contribution in [3.05, 3.63) is 34.3 Å². The maximum absolute atomic E-state index is 12.9. The monoisotopic (exact) mass is 396 g/mol. The van der Waals surface area contributed by atoms with E-state index < -0.39 is 17.7 Å². The molecule has 6 heteroatoms. The van der Waals surface area contributed by atoms with Crippen LogP contribution in [-0.4, -0.2) is 35.6 Å². The molecule has 1 saturated carbocycles. The summed E-state index contributed by atoms with van der Waals surface area (Å²) in [6.45, 7) is 5.39. The average molecular weight is 397 g/mol. The molecule has 2 amide bonds. The number of alkyl carbamates (subject to hydrolysis) is 1. The predicted molar refractivity (Wildman–Crippen MR) is 96.7 cm³/mol. The fraction of sp³-hybridized carbons (Fsp3) is 0.556. The van der Waals surface area contributed by atoms with Crippen LogP contribution in [0.15, 0.2) is 28.7 Å². The van der Waals surface area contributed by atoms with Crippen molar-refractivity contribution in [1.82, 2.24) is 10.2 Å². The first-order chi connectivity index (χ1) is 11.2. The van der Waals surface area contributed by atoms with Crippen LogP contribution >= 0.6 is 15.9 Å². The smallest absolute Gasteiger partial charge is 0.408 e. The highest BCUT2D eigenvalue weighted by Gasteiger charge is 2.33. The number of hydrogen-bond donors (Lipinski definition) is 1. The first-order valence-corrected chi connectivity index (χ1v) is 8.98. The zero-order valence-electron chi connectivity index (χ0n) is 14.6. The number of hydrogen-bond acceptors (Lipinski definition) is 3. The molecule has 24 heavy (non-hydrogen) atoms. The minimum absolute atomic E-state index is 0.118. The van der Waals surface area contributed by atoms with Gasteiger partial charge in [0.15, 0.2) is 0 Å². The van der Waals surface area contributed by atoms with E-state index in [1.54, 1.807) is 32.7 Å². The highest BCUT2D eigenvalue weighted by Crippen LogP contribution is 2.27. The normalized spacial score (nSPS) is 16.0. The third-order valence-corrected chi connectivity index (χ3v) is 4.61. The van der Waals surface area contributed by atoms with Crippen LogP contribution in [0.5, 0.6) is 0 Å². The Kier molecular flexibility index (Phi) is 5.91. The van der Waals surface area contributed by atoms with Crippen molar-refractivity contribution in [3.8, 4) is 0 Å². The Hall–Kier alpha value is -1.56. The summed E-state index contributed by atoms with van der Waals surface area (Å²) in [5.74, 6) is -0.118. The van der Waals surface area contributed by atoms with Crippen molar-refractivity contribution in [2.75, 3.05) is 7.05 Å². The van der Waals surface area contributed by atoms with E-state index in [0.717, 1.165) is 29.3 Å². The van der Waals surface area contributed by atoms with Crippen molar-refractivity contribution in [2.24, 2.45) is 0 Å². The molecule has 1 aliphatic carbocycles. The fourth-order valence-electron chi connectivity index (χ4n) is 2.53. The molecule has 2 rings (SSSR count). The molecule has 0 aliphatic heterocycles. The second-order valence-corrected chi connectivity index (χ2v) is 8.08. The minimum atomic E-state index is -0.751. The van der Waals surface area contributed by atoms with E-state index in [1.165, 1.54) is 0 Å². The van der Waals surface area contributed by atoms with Gasteiger partial charge in [0.25, 0.3) is 0 Å². The lowest BCUT2D eigenvalue weighted by Crippen LogP contribution is -2.48. The molecule has 1 atom stereocenters. The standard InChI is InChI=1S/C18H25BrN2O3/c1-18(2,3)24-17(23)20-15(12-8-10-13(19)11-9-12)16(22)21(4)14-6-5-7-14/h8-11,14-15H,5-7H2,1-4H3,(H,20,23)/t15-/m1/s1. The molecule has 1 N–H and O–H groups in total. The van der Waals surface area contributed by atoms with Gasteiger partial charge in [0.1, 0.15) is 11.6 Å². The molecule has 0 heterocycles. The molecule has 0 radical (unpaired) electrons. The largest absolute Gasteiger partial charge is 0.444 e. The van der Waals surface area contributed by atoms with Gasteiger partial charge in [-0.2, -0.15) is 0 Å². The Morgan fingerprint density at radius 1 is 1.25 bits per heavy atom. The third-order valence-electron chi connectivity index (χ3n) is 4.08. The van der Waals surface area contributed by atoms with Crippen LogP contribution < -0.4 is 5.32 Å². The van der Waals surface area contributed by atoms with E-state index >= 15 is 0 Å². The number of rotatable bonds is 4. The first-order valence-electron chi connectivity index (χ1n) is 8.19. The summed E-state index contributed by atoms with van der Waals surface area (Å²) in [4.78, 5) is 26.8. The van der Waals surface area contributed by atoms with E-state index in [4.69, 9.17) is 4.74 Å². The maximum Gasteiger partial charge on any atom is 0.408 e. The topological polar surface area (TPSA) is 58.6 Å². The number of halogens is 1. The van der Waals surface area contributed by atoms with Crippen LogP contribution in [0.2, 0.25) is 0 Å². The summed E-state index contributed by atoms with van der Waals surface area (Å²) in [6.07, 6.45) is 2.58. The Morgan fingerprint density at radius 2 is 1.83 bits per heavy atom. The van der Waals surface area contributed by atoms with Crippen molar-refractivity contribution < 1.29 is 14.3 Å². The summed E-state index contributed by atoms with van der Waals surface area (Å²) in [7, 11) is 1.80. The number of benzene rings is 1. The van der Waals surface area contributed by atoms with Gasteiger partial charge in [-0.3, -0.25) is 4.79 Å². The average Bonchev–Trinajstić information content (AvgIpc) is 2.41. The van der Waals surface area contributed by atoms with Gasteiger partial charge >= 0.3 is 6.09 Å². The SMILES string of the molecule is CN(C(=O)[C@H](NC(=O)OC(C)(C)C)c1ccc(Br)cc1)C1CCC1. The van der Waals surface area contributed by atoms with Crippen LogP contribution in [-0.2, 0) is 9.53 Å². The number of likely N-dealkylation sites (N-methyl/N-ethyl adjacent to an activating group) is 1. The van der Waals surface area contributed by atoms with Crippen LogP contribution in [0.4, 0.5) is 4.79 Å². The van der Waals surface area contributed by atoms with Crippen LogP contribution in [0.25, 0.3) is 0 Å². The molecular formula is C18H25BrN2O3. The molecule has 1 aromatic carbocycles. The number of ether oxygens (including phenoxy) is 1. The summed E-state index contributed by atoms with van der Waals surface area (Å²) < 4.78 is 6.23. The van der Waals surface area contributed by atoms with Crippen molar-refractivity contribution in [2.45, 2.75) is 57.7 Å². The number of nitrogens with one attached hydrogen (secondary N) is 1. The Morgan fingerprint density at radius 3 is 2.29 bits per heavy atom. The lowest BCUT2D eigenvalue weighted by molar-refractivity contribution is -0.136. The zero-order chi connectivity index (χ0) is 17.9. The Balaban J connectivity index is 2.18. The van der Waals surface area contributed by atoms with Crippen molar-refractivity contribution in [1.29, 1.82) is 0 Å². The van der Waals surface area contributed by atoms with Crippen molar-refractivity contribution >= 4 is 27.9 Å². The summed E-state index contributed by atoms with van der Waals surface area (Å²) in [5, 5.41) is 2.73.